The Labute approximate surface area is 121 Å². The maximum atomic E-state index is 12.2. The highest BCUT2D eigenvalue weighted by atomic mass is 16.6. The zero-order valence-corrected chi connectivity index (χ0v) is 11.1. The number of carbonyl (C=O) groups excluding carboxylic acids is 1. The van der Waals surface area contributed by atoms with E-state index < -0.39 is 6.10 Å². The minimum Gasteiger partial charge on any atom is -0.508 e. The van der Waals surface area contributed by atoms with E-state index in [0.29, 0.717) is 17.2 Å². The molecule has 4 N–H and O–H groups in total. The quantitative estimate of drug-likeness (QED) is 0.577. The van der Waals surface area contributed by atoms with Gasteiger partial charge in [-0.1, -0.05) is 12.1 Å². The summed E-state index contributed by atoms with van der Waals surface area (Å²) >= 11 is 0. The van der Waals surface area contributed by atoms with Crippen LogP contribution < -0.4 is 20.5 Å². The number of nitrogens with one attached hydrogen (secondary N) is 1. The Bertz CT molecular complexity index is 687. The number of anilines is 2. The van der Waals surface area contributed by atoms with Crippen LogP contribution in [0.4, 0.5) is 11.4 Å². The Morgan fingerprint density at radius 1 is 1.24 bits per heavy atom. The molecule has 6 nitrogen and oxygen atoms in total. The van der Waals surface area contributed by atoms with E-state index in [9.17, 15) is 9.90 Å². The molecular formula is C15H14N2O4. The van der Waals surface area contributed by atoms with Crippen LogP contribution in [0, 0.1) is 0 Å². The number of para-hydroxylation sites is 2. The van der Waals surface area contributed by atoms with Gasteiger partial charge in [-0.25, -0.2) is 0 Å². The molecule has 1 atom stereocenters. The molecule has 1 heterocycles. The van der Waals surface area contributed by atoms with Gasteiger partial charge in [0, 0.05) is 6.07 Å². The topological polar surface area (TPSA) is 93.8 Å². The normalized spacial score (nSPS) is 16.3. The Balaban J connectivity index is 1.72. The molecule has 1 aliphatic heterocycles. The summed E-state index contributed by atoms with van der Waals surface area (Å²) in [4.78, 5) is 12.2. The molecule has 0 aliphatic carbocycles. The van der Waals surface area contributed by atoms with Crippen molar-refractivity contribution in [2.75, 3.05) is 17.7 Å². The predicted octanol–water partition coefficient (Wildman–Crippen LogP) is 1.75. The fourth-order valence-corrected chi connectivity index (χ4v) is 2.03. The minimum absolute atomic E-state index is 0.0386. The fraction of sp³-hybridized carbons (Fsp3) is 0.133. The molecule has 6 heteroatoms. The first-order valence-corrected chi connectivity index (χ1v) is 6.41. The zero-order valence-electron chi connectivity index (χ0n) is 11.1. The van der Waals surface area contributed by atoms with Crippen LogP contribution in [0.2, 0.25) is 0 Å². The van der Waals surface area contributed by atoms with E-state index in [-0.39, 0.29) is 24.0 Å². The van der Waals surface area contributed by atoms with Gasteiger partial charge < -0.3 is 25.6 Å². The second-order valence-electron chi connectivity index (χ2n) is 4.63. The number of carbonyl (C=O) groups is 1. The third-order valence-electron chi connectivity index (χ3n) is 3.09. The van der Waals surface area contributed by atoms with Crippen LogP contribution in [-0.2, 0) is 4.79 Å². The number of phenols is 1. The molecule has 0 saturated carbocycles. The molecule has 2 aromatic rings. The lowest BCUT2D eigenvalue weighted by molar-refractivity contribution is -0.125. The van der Waals surface area contributed by atoms with E-state index in [4.69, 9.17) is 15.2 Å². The average molecular weight is 286 g/mol. The summed E-state index contributed by atoms with van der Waals surface area (Å²) in [7, 11) is 0. The van der Waals surface area contributed by atoms with Crippen LogP contribution in [0.5, 0.6) is 17.2 Å². The molecule has 0 spiro atoms. The van der Waals surface area contributed by atoms with Crippen molar-refractivity contribution in [2.24, 2.45) is 0 Å². The van der Waals surface area contributed by atoms with E-state index in [1.807, 2.05) is 6.07 Å². The molecule has 1 amide bonds. The first-order chi connectivity index (χ1) is 10.1. The predicted molar refractivity (Wildman–Crippen MR) is 77.5 cm³/mol. The summed E-state index contributed by atoms with van der Waals surface area (Å²) in [6.07, 6.45) is -0.756. The third-order valence-corrected chi connectivity index (χ3v) is 3.09. The summed E-state index contributed by atoms with van der Waals surface area (Å²) < 4.78 is 11.1. The lowest BCUT2D eigenvalue weighted by atomic mass is 10.2. The molecule has 1 unspecified atom stereocenters. The van der Waals surface area contributed by atoms with Crippen molar-refractivity contribution in [1.82, 2.24) is 0 Å². The molecule has 0 bridgehead atoms. The van der Waals surface area contributed by atoms with Gasteiger partial charge in [-0.05, 0) is 24.3 Å². The van der Waals surface area contributed by atoms with E-state index in [2.05, 4.69) is 5.32 Å². The minimum atomic E-state index is -0.756. The molecule has 0 saturated heterocycles. The Hall–Kier alpha value is -2.89. The number of aromatic hydroxyl groups is 1. The highest BCUT2D eigenvalue weighted by Gasteiger charge is 2.27. The smallest absolute Gasteiger partial charge is 0.269 e. The van der Waals surface area contributed by atoms with E-state index >= 15 is 0 Å². The highest BCUT2D eigenvalue weighted by Crippen LogP contribution is 2.31. The number of fused-ring (bicyclic) bond motifs is 1. The van der Waals surface area contributed by atoms with Crippen LogP contribution >= 0.6 is 0 Å². The Kier molecular flexibility index (Phi) is 3.27. The van der Waals surface area contributed by atoms with Gasteiger partial charge in [-0.15, -0.1) is 0 Å². The van der Waals surface area contributed by atoms with Crippen LogP contribution in [0.1, 0.15) is 0 Å². The molecular weight excluding hydrogens is 272 g/mol. The number of hydrogen-bond acceptors (Lipinski definition) is 5. The number of rotatable bonds is 2. The summed E-state index contributed by atoms with van der Waals surface area (Å²) in [5.41, 5.74) is 6.42. The van der Waals surface area contributed by atoms with Crippen molar-refractivity contribution in [2.45, 2.75) is 6.10 Å². The molecule has 108 valence electrons. The summed E-state index contributed by atoms with van der Waals surface area (Å²) in [5.74, 6) is 0.826. The van der Waals surface area contributed by atoms with Gasteiger partial charge in [0.05, 0.1) is 11.4 Å². The molecule has 0 aromatic heterocycles. The monoisotopic (exact) mass is 286 g/mol. The molecule has 1 aliphatic rings. The van der Waals surface area contributed by atoms with Gasteiger partial charge in [0.2, 0.25) is 6.10 Å². The van der Waals surface area contributed by atoms with Gasteiger partial charge in [0.1, 0.15) is 12.4 Å². The molecule has 21 heavy (non-hydrogen) atoms. The standard InChI is InChI=1S/C15H14N2O4/c16-10-7-9(18)5-6-11(10)17-15(19)14-8-20-12-3-1-2-4-13(12)21-14/h1-7,14,18H,8,16H2,(H,17,19). The van der Waals surface area contributed by atoms with E-state index in [0.717, 1.165) is 0 Å². The summed E-state index contributed by atoms with van der Waals surface area (Å²) in [6.45, 7) is 0.126. The van der Waals surface area contributed by atoms with Crippen LogP contribution in [0.25, 0.3) is 0 Å². The number of nitrogens with two attached hydrogens (primary N) is 1. The number of ether oxygens (including phenoxy) is 2. The van der Waals surface area contributed by atoms with Crippen LogP contribution in [0.3, 0.4) is 0 Å². The Morgan fingerprint density at radius 2 is 2.00 bits per heavy atom. The second kappa shape index (κ2) is 5.24. The molecule has 0 radical (unpaired) electrons. The number of benzene rings is 2. The van der Waals surface area contributed by atoms with Crippen molar-refractivity contribution < 1.29 is 19.4 Å². The second-order valence-corrected chi connectivity index (χ2v) is 4.63. The first kappa shape index (κ1) is 13.1. The van der Waals surface area contributed by atoms with Gasteiger partial charge >= 0.3 is 0 Å². The van der Waals surface area contributed by atoms with Gasteiger partial charge in [-0.2, -0.15) is 0 Å². The van der Waals surface area contributed by atoms with Crippen LogP contribution in [0.15, 0.2) is 42.5 Å². The van der Waals surface area contributed by atoms with Crippen molar-refractivity contribution in [3.8, 4) is 17.2 Å². The number of phenolic OH excluding ortho intramolecular Hbond substituents is 1. The molecule has 0 fully saturated rings. The van der Waals surface area contributed by atoms with E-state index in [1.165, 1.54) is 18.2 Å². The van der Waals surface area contributed by atoms with Crippen molar-refractivity contribution >= 4 is 17.3 Å². The van der Waals surface area contributed by atoms with Crippen molar-refractivity contribution in [3.63, 3.8) is 0 Å². The average Bonchev–Trinajstić information content (AvgIpc) is 2.49. The van der Waals surface area contributed by atoms with Crippen molar-refractivity contribution in [3.05, 3.63) is 42.5 Å². The molecule has 3 rings (SSSR count). The third kappa shape index (κ3) is 2.69. The van der Waals surface area contributed by atoms with Crippen molar-refractivity contribution in [1.29, 1.82) is 0 Å². The lowest BCUT2D eigenvalue weighted by Gasteiger charge is -2.25. The SMILES string of the molecule is Nc1cc(O)ccc1NC(=O)C1COc2ccccc2O1. The first-order valence-electron chi connectivity index (χ1n) is 6.41. The van der Waals surface area contributed by atoms with Gasteiger partial charge in [0.25, 0.3) is 5.91 Å². The Morgan fingerprint density at radius 3 is 2.76 bits per heavy atom. The lowest BCUT2D eigenvalue weighted by Crippen LogP contribution is -2.40. The largest absolute Gasteiger partial charge is 0.508 e. The number of nitrogen functional groups attached to an aromatic ring is 1. The fourth-order valence-electron chi connectivity index (χ4n) is 2.03. The number of amides is 1. The van der Waals surface area contributed by atoms with Gasteiger partial charge in [-0.3, -0.25) is 4.79 Å². The number of hydrogen-bond donors (Lipinski definition) is 3. The summed E-state index contributed by atoms with van der Waals surface area (Å²) in [6, 6.07) is 11.5. The van der Waals surface area contributed by atoms with Gasteiger partial charge in [0.15, 0.2) is 11.5 Å². The molecule has 2 aromatic carbocycles. The maximum Gasteiger partial charge on any atom is 0.269 e. The highest BCUT2D eigenvalue weighted by molar-refractivity contribution is 5.97. The van der Waals surface area contributed by atoms with Crippen LogP contribution in [-0.4, -0.2) is 23.7 Å². The van der Waals surface area contributed by atoms with E-state index in [1.54, 1.807) is 18.2 Å². The summed E-state index contributed by atoms with van der Waals surface area (Å²) in [5, 5.41) is 12.0. The zero-order chi connectivity index (χ0) is 14.8. The maximum absolute atomic E-state index is 12.2.